The van der Waals surface area contributed by atoms with Gasteiger partial charge in [0.15, 0.2) is 0 Å². The number of aryl methyl sites for hydroxylation is 1. The lowest BCUT2D eigenvalue weighted by atomic mass is 9.90. The lowest BCUT2D eigenvalue weighted by Crippen LogP contribution is -2.56. The summed E-state index contributed by atoms with van der Waals surface area (Å²) in [5.74, 6) is 1.20. The van der Waals surface area contributed by atoms with Gasteiger partial charge in [-0.1, -0.05) is 0 Å². The van der Waals surface area contributed by atoms with Gasteiger partial charge < -0.3 is 15.1 Å². The largest absolute Gasteiger partial charge is 0.469 e. The highest BCUT2D eigenvalue weighted by Crippen LogP contribution is 2.36. The van der Waals surface area contributed by atoms with Gasteiger partial charge in [-0.3, -0.25) is 4.90 Å². The van der Waals surface area contributed by atoms with E-state index >= 15 is 0 Å². The normalized spacial score (nSPS) is 30.3. The van der Waals surface area contributed by atoms with Crippen LogP contribution in [-0.4, -0.2) is 49.1 Å². The molecule has 0 bridgehead atoms. The minimum atomic E-state index is 0.481. The van der Waals surface area contributed by atoms with E-state index < -0.39 is 0 Å². The number of furan rings is 1. The van der Waals surface area contributed by atoms with Crippen LogP contribution in [0.3, 0.4) is 0 Å². The smallest absolute Gasteiger partial charge is 0.108 e. The molecule has 2 atom stereocenters. The molecule has 4 nitrogen and oxygen atoms in total. The summed E-state index contributed by atoms with van der Waals surface area (Å²) in [5.41, 5.74) is 7.37. The van der Waals surface area contributed by atoms with Crippen LogP contribution in [0.15, 0.2) is 16.7 Å². The molecule has 0 aromatic carbocycles. The molecule has 0 amide bonds. The first-order chi connectivity index (χ1) is 8.79. The molecule has 1 fully saturated rings. The fourth-order valence-corrected chi connectivity index (χ4v) is 3.45. The van der Waals surface area contributed by atoms with Crippen molar-refractivity contribution in [1.82, 2.24) is 9.80 Å². The second-order valence-corrected chi connectivity index (χ2v) is 5.60. The molecule has 100 valence electrons. The molecule has 4 heteroatoms. The SMILES string of the molecule is CN1CCN(C2CCCc3occc32)C(CN)C1. The van der Waals surface area contributed by atoms with Gasteiger partial charge >= 0.3 is 0 Å². The van der Waals surface area contributed by atoms with Gasteiger partial charge in [-0.05, 0) is 26.0 Å². The van der Waals surface area contributed by atoms with Crippen molar-refractivity contribution in [3.63, 3.8) is 0 Å². The van der Waals surface area contributed by atoms with E-state index in [1.165, 1.54) is 24.2 Å². The van der Waals surface area contributed by atoms with Crippen LogP contribution in [0.25, 0.3) is 0 Å². The zero-order chi connectivity index (χ0) is 12.5. The monoisotopic (exact) mass is 249 g/mol. The van der Waals surface area contributed by atoms with Crippen LogP contribution >= 0.6 is 0 Å². The van der Waals surface area contributed by atoms with Crippen molar-refractivity contribution >= 4 is 0 Å². The van der Waals surface area contributed by atoms with Gasteiger partial charge in [0.05, 0.1) is 6.26 Å². The van der Waals surface area contributed by atoms with E-state index in [1.54, 1.807) is 0 Å². The Kier molecular flexibility index (Phi) is 3.41. The third-order valence-electron chi connectivity index (χ3n) is 4.42. The molecular formula is C14H23N3O. The maximum Gasteiger partial charge on any atom is 0.108 e. The molecule has 1 aliphatic carbocycles. The first kappa shape index (κ1) is 12.2. The predicted molar refractivity (Wildman–Crippen MR) is 71.4 cm³/mol. The van der Waals surface area contributed by atoms with E-state index in [0.29, 0.717) is 12.1 Å². The van der Waals surface area contributed by atoms with E-state index in [9.17, 15) is 0 Å². The molecule has 18 heavy (non-hydrogen) atoms. The van der Waals surface area contributed by atoms with Crippen molar-refractivity contribution in [3.8, 4) is 0 Å². The summed E-state index contributed by atoms with van der Waals surface area (Å²) in [6, 6.07) is 3.16. The van der Waals surface area contributed by atoms with Gasteiger partial charge in [-0.25, -0.2) is 0 Å². The van der Waals surface area contributed by atoms with Gasteiger partial charge in [0.1, 0.15) is 5.76 Å². The zero-order valence-electron chi connectivity index (χ0n) is 11.1. The Balaban J connectivity index is 1.83. The zero-order valence-corrected chi connectivity index (χ0v) is 11.1. The summed E-state index contributed by atoms with van der Waals surface area (Å²) < 4.78 is 5.60. The quantitative estimate of drug-likeness (QED) is 0.856. The molecule has 1 saturated heterocycles. The molecule has 1 aromatic rings. The van der Waals surface area contributed by atoms with Crippen LogP contribution in [0.4, 0.5) is 0 Å². The molecule has 2 aliphatic rings. The minimum Gasteiger partial charge on any atom is -0.469 e. The molecule has 0 saturated carbocycles. The Labute approximate surface area is 109 Å². The van der Waals surface area contributed by atoms with Gasteiger partial charge in [-0.15, -0.1) is 0 Å². The maximum atomic E-state index is 5.97. The third kappa shape index (κ3) is 2.09. The van der Waals surface area contributed by atoms with Crippen molar-refractivity contribution < 1.29 is 4.42 Å². The fraction of sp³-hybridized carbons (Fsp3) is 0.714. The van der Waals surface area contributed by atoms with Crippen LogP contribution in [0.2, 0.25) is 0 Å². The van der Waals surface area contributed by atoms with Crippen molar-refractivity contribution in [3.05, 3.63) is 23.7 Å². The molecule has 2 heterocycles. The van der Waals surface area contributed by atoms with E-state index in [4.69, 9.17) is 10.2 Å². The number of nitrogens with zero attached hydrogens (tertiary/aromatic N) is 2. The minimum absolute atomic E-state index is 0.481. The van der Waals surface area contributed by atoms with Gasteiger partial charge in [-0.2, -0.15) is 0 Å². The van der Waals surface area contributed by atoms with Crippen molar-refractivity contribution in [2.24, 2.45) is 5.73 Å². The standard InChI is InChI=1S/C14H23N3O/c1-16-6-7-17(11(9-15)10-16)13-3-2-4-14-12(13)5-8-18-14/h5,8,11,13H,2-4,6-7,9-10,15H2,1H3. The van der Waals surface area contributed by atoms with E-state index in [0.717, 1.165) is 32.6 Å². The Morgan fingerprint density at radius 1 is 1.44 bits per heavy atom. The average Bonchev–Trinajstić information content (AvgIpc) is 2.86. The van der Waals surface area contributed by atoms with E-state index in [-0.39, 0.29) is 0 Å². The molecule has 1 aliphatic heterocycles. The Hall–Kier alpha value is -0.840. The Morgan fingerprint density at radius 3 is 3.17 bits per heavy atom. The highest BCUT2D eigenvalue weighted by atomic mass is 16.3. The predicted octanol–water partition coefficient (Wildman–Crippen LogP) is 1.23. The van der Waals surface area contributed by atoms with Gasteiger partial charge in [0.2, 0.25) is 0 Å². The average molecular weight is 249 g/mol. The lowest BCUT2D eigenvalue weighted by Gasteiger charge is -2.44. The summed E-state index contributed by atoms with van der Waals surface area (Å²) in [7, 11) is 2.18. The van der Waals surface area contributed by atoms with Gasteiger partial charge in [0, 0.05) is 50.2 Å². The maximum absolute atomic E-state index is 5.97. The highest BCUT2D eigenvalue weighted by Gasteiger charge is 2.34. The second kappa shape index (κ2) is 5.03. The van der Waals surface area contributed by atoms with Gasteiger partial charge in [0.25, 0.3) is 0 Å². The molecule has 0 spiro atoms. The Morgan fingerprint density at radius 2 is 2.33 bits per heavy atom. The first-order valence-electron chi connectivity index (χ1n) is 7.00. The van der Waals surface area contributed by atoms with Crippen LogP contribution in [0.5, 0.6) is 0 Å². The number of piperazine rings is 1. The van der Waals surface area contributed by atoms with Crippen molar-refractivity contribution in [2.75, 3.05) is 33.2 Å². The van der Waals surface area contributed by atoms with Crippen molar-refractivity contribution in [1.29, 1.82) is 0 Å². The molecular weight excluding hydrogens is 226 g/mol. The highest BCUT2D eigenvalue weighted by molar-refractivity contribution is 5.24. The Bertz CT molecular complexity index is 403. The van der Waals surface area contributed by atoms with E-state index in [1.807, 2.05) is 6.26 Å². The van der Waals surface area contributed by atoms with Crippen LogP contribution < -0.4 is 5.73 Å². The van der Waals surface area contributed by atoms with Crippen LogP contribution in [0, 0.1) is 0 Å². The number of hydrogen-bond donors (Lipinski definition) is 1. The summed E-state index contributed by atoms with van der Waals surface area (Å²) in [4.78, 5) is 4.99. The van der Waals surface area contributed by atoms with Crippen LogP contribution in [-0.2, 0) is 6.42 Å². The fourth-order valence-electron chi connectivity index (χ4n) is 3.45. The number of fused-ring (bicyclic) bond motifs is 1. The topological polar surface area (TPSA) is 45.6 Å². The summed E-state index contributed by atoms with van der Waals surface area (Å²) >= 11 is 0. The molecule has 2 N–H and O–H groups in total. The number of rotatable bonds is 2. The first-order valence-corrected chi connectivity index (χ1v) is 7.00. The third-order valence-corrected chi connectivity index (χ3v) is 4.42. The lowest BCUT2D eigenvalue weighted by molar-refractivity contribution is 0.0477. The van der Waals surface area contributed by atoms with Crippen LogP contribution in [0.1, 0.15) is 30.2 Å². The number of likely N-dealkylation sites (N-methyl/N-ethyl adjacent to an activating group) is 1. The van der Waals surface area contributed by atoms with E-state index in [2.05, 4.69) is 22.9 Å². The summed E-state index contributed by atoms with van der Waals surface area (Å²) in [5, 5.41) is 0. The molecule has 1 aromatic heterocycles. The molecule has 0 radical (unpaired) electrons. The summed E-state index contributed by atoms with van der Waals surface area (Å²) in [6.07, 6.45) is 5.41. The number of nitrogens with two attached hydrogens (primary N) is 1. The van der Waals surface area contributed by atoms with Crippen molar-refractivity contribution in [2.45, 2.75) is 31.3 Å². The number of hydrogen-bond acceptors (Lipinski definition) is 4. The second-order valence-electron chi connectivity index (χ2n) is 5.60. The molecule has 2 unspecified atom stereocenters. The summed E-state index contributed by atoms with van der Waals surface area (Å²) in [6.45, 7) is 4.09. The molecule has 3 rings (SSSR count).